The second-order valence-corrected chi connectivity index (χ2v) is 8.95. The highest BCUT2D eigenvalue weighted by Crippen LogP contribution is 2.32. The van der Waals surface area contributed by atoms with Crippen LogP contribution < -0.4 is 0 Å². The van der Waals surface area contributed by atoms with Crippen molar-refractivity contribution >= 4 is 33.4 Å². The van der Waals surface area contributed by atoms with Gasteiger partial charge < -0.3 is 9.88 Å². The summed E-state index contributed by atoms with van der Waals surface area (Å²) in [5.41, 5.74) is 8.27. The molecule has 0 aliphatic carbocycles. The van der Waals surface area contributed by atoms with Crippen LogP contribution in [0.5, 0.6) is 0 Å². The van der Waals surface area contributed by atoms with Crippen LogP contribution in [0.4, 0.5) is 0 Å². The predicted molar refractivity (Wildman–Crippen MR) is 131 cm³/mol. The van der Waals surface area contributed by atoms with E-state index < -0.39 is 0 Å². The van der Waals surface area contributed by atoms with Gasteiger partial charge in [0.1, 0.15) is 11.2 Å². The van der Waals surface area contributed by atoms with Crippen molar-refractivity contribution in [3.8, 4) is 33.9 Å². The number of nitrogens with zero attached hydrogens (tertiary/aromatic N) is 6. The van der Waals surface area contributed by atoms with Gasteiger partial charge in [-0.05, 0) is 49.3 Å². The van der Waals surface area contributed by atoms with Gasteiger partial charge in [-0.1, -0.05) is 0 Å². The van der Waals surface area contributed by atoms with Crippen LogP contribution in [0.2, 0.25) is 0 Å². The van der Waals surface area contributed by atoms with Crippen molar-refractivity contribution in [2.45, 2.75) is 6.54 Å². The molecule has 0 aromatic carbocycles. The summed E-state index contributed by atoms with van der Waals surface area (Å²) in [5, 5.41) is 12.5. The van der Waals surface area contributed by atoms with E-state index in [2.05, 4.69) is 58.6 Å². The van der Waals surface area contributed by atoms with Gasteiger partial charge in [0.2, 0.25) is 0 Å². The summed E-state index contributed by atoms with van der Waals surface area (Å²) in [7, 11) is 4.09. The molecule has 162 valence electrons. The van der Waals surface area contributed by atoms with Crippen molar-refractivity contribution in [2.75, 3.05) is 14.1 Å². The van der Waals surface area contributed by atoms with Crippen LogP contribution in [0, 0.1) is 0 Å². The van der Waals surface area contributed by atoms with Gasteiger partial charge in [-0.25, -0.2) is 9.97 Å². The van der Waals surface area contributed by atoms with Crippen molar-refractivity contribution in [3.63, 3.8) is 0 Å². The van der Waals surface area contributed by atoms with E-state index in [9.17, 15) is 0 Å². The maximum atomic E-state index is 4.88. The molecule has 9 heteroatoms. The molecule has 0 bridgehead atoms. The monoisotopic (exact) mass is 452 g/mol. The molecule has 0 radical (unpaired) electrons. The smallest absolute Gasteiger partial charge is 0.181 e. The number of nitrogens with one attached hydrogen (secondary N) is 2. The summed E-state index contributed by atoms with van der Waals surface area (Å²) in [4.78, 5) is 24.0. The first-order valence-electron chi connectivity index (χ1n) is 10.5. The summed E-state index contributed by atoms with van der Waals surface area (Å²) in [6.07, 6.45) is 7.39. The Morgan fingerprint density at radius 1 is 1.00 bits per heavy atom. The lowest BCUT2D eigenvalue weighted by atomic mass is 10.1. The molecule has 2 N–H and O–H groups in total. The third-order valence-electron chi connectivity index (χ3n) is 5.47. The van der Waals surface area contributed by atoms with E-state index in [4.69, 9.17) is 4.98 Å². The number of hydrogen-bond donors (Lipinski definition) is 2. The van der Waals surface area contributed by atoms with E-state index in [1.165, 1.54) is 0 Å². The molecule has 6 aromatic rings. The maximum Gasteiger partial charge on any atom is 0.181 e. The van der Waals surface area contributed by atoms with Crippen molar-refractivity contribution < 1.29 is 0 Å². The van der Waals surface area contributed by atoms with Gasteiger partial charge in [-0.2, -0.15) is 16.4 Å². The summed E-state index contributed by atoms with van der Waals surface area (Å²) >= 11 is 1.64. The molecule has 0 saturated carbocycles. The lowest BCUT2D eigenvalue weighted by Crippen LogP contribution is -2.10. The number of H-pyrrole nitrogens is 2. The van der Waals surface area contributed by atoms with Crippen LogP contribution in [0.1, 0.15) is 5.56 Å². The van der Waals surface area contributed by atoms with Gasteiger partial charge in [-0.15, -0.1) is 0 Å². The Balaban J connectivity index is 1.45. The average molecular weight is 453 g/mol. The van der Waals surface area contributed by atoms with E-state index >= 15 is 0 Å². The van der Waals surface area contributed by atoms with Crippen molar-refractivity contribution in [2.24, 2.45) is 0 Å². The molecule has 6 heterocycles. The van der Waals surface area contributed by atoms with Gasteiger partial charge in [0, 0.05) is 53.4 Å². The Hall–Kier alpha value is -3.95. The molecule has 6 rings (SSSR count). The standard InChI is InChI=1S/C24H20N8S/c1-32(2)12-14-7-16(10-25-9-14)17-8-18-21(30-31-23(18)27-11-17)24-28-19-3-5-26-20(22(19)29-24)15-4-6-33-13-15/h3-11,13H,12H2,1-2H3,(H,28,29)(H,27,30,31). The maximum absolute atomic E-state index is 4.88. The molecular formula is C24H20N8S. The Labute approximate surface area is 193 Å². The molecule has 33 heavy (non-hydrogen) atoms. The first-order chi connectivity index (χ1) is 16.2. The second-order valence-electron chi connectivity index (χ2n) is 8.17. The van der Waals surface area contributed by atoms with Crippen molar-refractivity contribution in [3.05, 3.63) is 65.4 Å². The minimum Gasteiger partial charge on any atom is -0.337 e. The first kappa shape index (κ1) is 19.7. The minimum absolute atomic E-state index is 0.641. The van der Waals surface area contributed by atoms with Crippen LogP contribution >= 0.6 is 11.3 Å². The van der Waals surface area contributed by atoms with E-state index in [-0.39, 0.29) is 0 Å². The molecular weight excluding hydrogens is 432 g/mol. The molecule has 0 fully saturated rings. The number of aromatic nitrogens is 7. The third-order valence-corrected chi connectivity index (χ3v) is 6.15. The van der Waals surface area contributed by atoms with Gasteiger partial charge in [0.25, 0.3) is 0 Å². The lowest BCUT2D eigenvalue weighted by Gasteiger charge is -2.10. The molecule has 0 spiro atoms. The molecule has 0 atom stereocenters. The predicted octanol–water partition coefficient (Wildman–Crippen LogP) is 4.75. The average Bonchev–Trinajstić information content (AvgIpc) is 3.57. The zero-order valence-corrected chi connectivity index (χ0v) is 18.9. The van der Waals surface area contributed by atoms with Crippen LogP contribution in [0.25, 0.3) is 56.0 Å². The van der Waals surface area contributed by atoms with Crippen LogP contribution in [-0.2, 0) is 6.54 Å². The first-order valence-corrected chi connectivity index (χ1v) is 11.4. The number of hydrogen-bond acceptors (Lipinski definition) is 7. The lowest BCUT2D eigenvalue weighted by molar-refractivity contribution is 0.402. The Bertz CT molecular complexity index is 1580. The summed E-state index contributed by atoms with van der Waals surface area (Å²) in [6, 6.07) is 8.23. The Morgan fingerprint density at radius 2 is 1.91 bits per heavy atom. The van der Waals surface area contributed by atoms with E-state index in [1.54, 1.807) is 17.5 Å². The topological polar surface area (TPSA) is 99.3 Å². The summed E-state index contributed by atoms with van der Waals surface area (Å²) < 4.78 is 0. The number of thiophene rings is 1. The number of fused-ring (bicyclic) bond motifs is 2. The molecule has 6 aromatic heterocycles. The Kier molecular flexibility index (Phi) is 4.70. The molecule has 0 aliphatic rings. The SMILES string of the molecule is CN(C)Cc1cncc(-c2cnc3n[nH]c(-c4nc5c(-c6ccsc6)nccc5[nH]4)c3c2)c1. The van der Waals surface area contributed by atoms with Gasteiger partial charge in [0.05, 0.1) is 16.6 Å². The normalized spacial score (nSPS) is 11.7. The molecule has 0 aliphatic heterocycles. The zero-order chi connectivity index (χ0) is 22.4. The van der Waals surface area contributed by atoms with Crippen LogP contribution in [0.15, 0.2) is 59.8 Å². The minimum atomic E-state index is 0.641. The van der Waals surface area contributed by atoms with Gasteiger partial charge >= 0.3 is 0 Å². The zero-order valence-electron chi connectivity index (χ0n) is 18.1. The number of aromatic amines is 2. The summed E-state index contributed by atoms with van der Waals surface area (Å²) in [6.45, 7) is 0.826. The van der Waals surface area contributed by atoms with Crippen LogP contribution in [0.3, 0.4) is 0 Å². The van der Waals surface area contributed by atoms with Gasteiger partial charge in [-0.3, -0.25) is 15.1 Å². The van der Waals surface area contributed by atoms with Crippen LogP contribution in [-0.4, -0.2) is 54.1 Å². The quantitative estimate of drug-likeness (QED) is 0.392. The molecule has 0 unspecified atom stereocenters. The number of pyridine rings is 3. The van der Waals surface area contributed by atoms with Gasteiger partial charge in [0.15, 0.2) is 11.5 Å². The highest BCUT2D eigenvalue weighted by Gasteiger charge is 2.17. The van der Waals surface area contributed by atoms with Crippen molar-refractivity contribution in [1.29, 1.82) is 0 Å². The fraction of sp³-hybridized carbons (Fsp3) is 0.125. The highest BCUT2D eigenvalue weighted by atomic mass is 32.1. The molecule has 8 nitrogen and oxygen atoms in total. The second kappa shape index (κ2) is 7.88. The van der Waals surface area contributed by atoms with E-state index in [0.29, 0.717) is 11.5 Å². The fourth-order valence-corrected chi connectivity index (χ4v) is 4.64. The summed E-state index contributed by atoms with van der Waals surface area (Å²) in [5.74, 6) is 0.704. The Morgan fingerprint density at radius 3 is 2.76 bits per heavy atom. The third kappa shape index (κ3) is 3.57. The largest absolute Gasteiger partial charge is 0.337 e. The molecule has 0 amide bonds. The van der Waals surface area contributed by atoms with Crippen molar-refractivity contribution in [1.82, 2.24) is 40.0 Å². The highest BCUT2D eigenvalue weighted by molar-refractivity contribution is 7.08. The molecule has 0 saturated heterocycles. The van der Waals surface area contributed by atoms with E-state index in [1.807, 2.05) is 44.1 Å². The number of imidazole rings is 1. The fourth-order valence-electron chi connectivity index (χ4n) is 4.00. The van der Waals surface area contributed by atoms with E-state index in [0.717, 1.165) is 56.6 Å². The number of rotatable bonds is 5.